The molecule has 0 aliphatic rings. The zero-order valence-corrected chi connectivity index (χ0v) is 15.6. The van der Waals surface area contributed by atoms with Crippen LogP contribution in [0.5, 0.6) is 5.75 Å². The van der Waals surface area contributed by atoms with Crippen LogP contribution in [0.1, 0.15) is 29.7 Å². The number of hydrogen-bond acceptors (Lipinski definition) is 2. The van der Waals surface area contributed by atoms with Crippen molar-refractivity contribution in [2.45, 2.75) is 19.9 Å². The fraction of sp³-hybridized carbons (Fsp3) is 0.294. The SMILES string of the molecule is CCOc1ccccc1C(NC)c1cc(Br)c(C)cc1Br. The molecule has 1 atom stereocenters. The van der Waals surface area contributed by atoms with Crippen LogP contribution < -0.4 is 10.1 Å². The fourth-order valence-corrected chi connectivity index (χ4v) is 3.42. The van der Waals surface area contributed by atoms with Crippen molar-refractivity contribution >= 4 is 31.9 Å². The van der Waals surface area contributed by atoms with Crippen molar-refractivity contribution in [2.75, 3.05) is 13.7 Å². The summed E-state index contributed by atoms with van der Waals surface area (Å²) < 4.78 is 7.97. The quantitative estimate of drug-likeness (QED) is 0.725. The van der Waals surface area contributed by atoms with Crippen molar-refractivity contribution < 1.29 is 4.74 Å². The highest BCUT2D eigenvalue weighted by Gasteiger charge is 2.19. The maximum Gasteiger partial charge on any atom is 0.124 e. The summed E-state index contributed by atoms with van der Waals surface area (Å²) in [5.74, 6) is 0.919. The van der Waals surface area contributed by atoms with E-state index in [1.807, 2.05) is 32.2 Å². The van der Waals surface area contributed by atoms with Gasteiger partial charge in [0.05, 0.1) is 12.6 Å². The molecule has 0 amide bonds. The minimum Gasteiger partial charge on any atom is -0.494 e. The molecule has 21 heavy (non-hydrogen) atoms. The van der Waals surface area contributed by atoms with Crippen LogP contribution in [0.2, 0.25) is 0 Å². The van der Waals surface area contributed by atoms with Crippen molar-refractivity contribution in [3.8, 4) is 5.75 Å². The Bertz CT molecular complexity index is 628. The van der Waals surface area contributed by atoms with E-state index in [4.69, 9.17) is 4.74 Å². The van der Waals surface area contributed by atoms with Crippen LogP contribution in [0.3, 0.4) is 0 Å². The predicted octanol–water partition coefficient (Wildman–Crippen LogP) is 5.23. The number of ether oxygens (including phenoxy) is 1. The third-order valence-corrected chi connectivity index (χ3v) is 4.95. The second-order valence-corrected chi connectivity index (χ2v) is 6.52. The Morgan fingerprint density at radius 2 is 1.81 bits per heavy atom. The van der Waals surface area contributed by atoms with Gasteiger partial charge >= 0.3 is 0 Å². The van der Waals surface area contributed by atoms with Gasteiger partial charge in [-0.3, -0.25) is 0 Å². The van der Waals surface area contributed by atoms with Gasteiger partial charge in [0.1, 0.15) is 5.75 Å². The zero-order valence-electron chi connectivity index (χ0n) is 12.4. The summed E-state index contributed by atoms with van der Waals surface area (Å²) in [7, 11) is 1.97. The lowest BCUT2D eigenvalue weighted by atomic mass is 9.97. The lowest BCUT2D eigenvalue weighted by Gasteiger charge is -2.22. The van der Waals surface area contributed by atoms with Gasteiger partial charge in [0.2, 0.25) is 0 Å². The number of halogens is 2. The number of para-hydroxylation sites is 1. The Morgan fingerprint density at radius 3 is 2.48 bits per heavy atom. The molecule has 1 N–H and O–H groups in total. The van der Waals surface area contributed by atoms with Crippen molar-refractivity contribution in [2.24, 2.45) is 0 Å². The van der Waals surface area contributed by atoms with Crippen LogP contribution in [0.15, 0.2) is 45.3 Å². The molecular formula is C17H19Br2NO. The summed E-state index contributed by atoms with van der Waals surface area (Å²) in [5.41, 5.74) is 3.53. The third-order valence-electron chi connectivity index (χ3n) is 3.41. The molecule has 0 aliphatic heterocycles. The molecule has 2 aromatic rings. The van der Waals surface area contributed by atoms with E-state index >= 15 is 0 Å². The van der Waals surface area contributed by atoms with Crippen LogP contribution >= 0.6 is 31.9 Å². The highest BCUT2D eigenvalue weighted by molar-refractivity contribution is 9.11. The van der Waals surface area contributed by atoms with Gasteiger partial charge in [-0.25, -0.2) is 0 Å². The molecule has 2 nitrogen and oxygen atoms in total. The van der Waals surface area contributed by atoms with Crippen LogP contribution in [0, 0.1) is 6.92 Å². The molecule has 0 aromatic heterocycles. The van der Waals surface area contributed by atoms with Crippen LogP contribution in [0.4, 0.5) is 0 Å². The highest BCUT2D eigenvalue weighted by Crippen LogP contribution is 2.36. The van der Waals surface area contributed by atoms with E-state index in [0.717, 1.165) is 20.3 Å². The Balaban J connectivity index is 2.52. The van der Waals surface area contributed by atoms with E-state index in [1.54, 1.807) is 0 Å². The van der Waals surface area contributed by atoms with Gasteiger partial charge in [0.25, 0.3) is 0 Å². The minimum atomic E-state index is 0.0685. The molecular weight excluding hydrogens is 394 g/mol. The van der Waals surface area contributed by atoms with E-state index in [0.29, 0.717) is 6.61 Å². The largest absolute Gasteiger partial charge is 0.494 e. The smallest absolute Gasteiger partial charge is 0.124 e. The van der Waals surface area contributed by atoms with Gasteiger partial charge in [-0.15, -0.1) is 0 Å². The Hall–Kier alpha value is -0.840. The number of nitrogens with one attached hydrogen (secondary N) is 1. The number of hydrogen-bond donors (Lipinski definition) is 1. The maximum absolute atomic E-state index is 5.77. The summed E-state index contributed by atoms with van der Waals surface area (Å²) in [6, 6.07) is 12.5. The van der Waals surface area contributed by atoms with Crippen molar-refractivity contribution in [3.05, 3.63) is 62.0 Å². The molecule has 0 spiro atoms. The van der Waals surface area contributed by atoms with Crippen molar-refractivity contribution in [3.63, 3.8) is 0 Å². The summed E-state index contributed by atoms with van der Waals surface area (Å²) in [4.78, 5) is 0. The lowest BCUT2D eigenvalue weighted by Crippen LogP contribution is -2.19. The topological polar surface area (TPSA) is 21.3 Å². The molecule has 1 unspecified atom stereocenters. The number of aryl methyl sites for hydroxylation is 1. The maximum atomic E-state index is 5.77. The van der Waals surface area contributed by atoms with Gasteiger partial charge in [0.15, 0.2) is 0 Å². The standard InChI is InChI=1S/C17H19Br2NO/c1-4-21-16-8-6-5-7-12(16)17(20-3)13-10-14(18)11(2)9-15(13)19/h5-10,17,20H,4H2,1-3H3. The molecule has 0 saturated heterocycles. The molecule has 0 fully saturated rings. The van der Waals surface area contributed by atoms with Gasteiger partial charge in [-0.2, -0.15) is 0 Å². The zero-order chi connectivity index (χ0) is 15.4. The molecule has 2 rings (SSSR count). The molecule has 4 heteroatoms. The average molecular weight is 413 g/mol. The van der Waals surface area contributed by atoms with Crippen LogP contribution in [0.25, 0.3) is 0 Å². The molecule has 0 aliphatic carbocycles. The number of benzene rings is 2. The first-order valence-corrected chi connectivity index (χ1v) is 8.51. The Morgan fingerprint density at radius 1 is 1.10 bits per heavy atom. The first kappa shape index (κ1) is 16.5. The van der Waals surface area contributed by atoms with E-state index in [-0.39, 0.29) is 6.04 Å². The highest BCUT2D eigenvalue weighted by atomic mass is 79.9. The summed E-state index contributed by atoms with van der Waals surface area (Å²) in [6.45, 7) is 4.75. The van der Waals surface area contributed by atoms with Gasteiger partial charge in [0, 0.05) is 14.5 Å². The second kappa shape index (κ2) is 7.43. The minimum absolute atomic E-state index is 0.0685. The molecule has 0 saturated carbocycles. The molecule has 0 heterocycles. The molecule has 0 bridgehead atoms. The molecule has 0 radical (unpaired) electrons. The van der Waals surface area contributed by atoms with Crippen LogP contribution in [-0.2, 0) is 0 Å². The van der Waals surface area contributed by atoms with E-state index in [9.17, 15) is 0 Å². The van der Waals surface area contributed by atoms with Crippen molar-refractivity contribution in [1.29, 1.82) is 0 Å². The first-order valence-electron chi connectivity index (χ1n) is 6.93. The van der Waals surface area contributed by atoms with Crippen molar-refractivity contribution in [1.82, 2.24) is 5.32 Å². The normalized spacial score (nSPS) is 12.2. The summed E-state index contributed by atoms with van der Waals surface area (Å²) >= 11 is 7.30. The first-order chi connectivity index (χ1) is 10.1. The van der Waals surface area contributed by atoms with Gasteiger partial charge in [-0.05, 0) is 50.2 Å². The van der Waals surface area contributed by atoms with E-state index in [1.165, 1.54) is 11.1 Å². The Labute approximate surface area is 143 Å². The lowest BCUT2D eigenvalue weighted by molar-refractivity contribution is 0.334. The monoisotopic (exact) mass is 411 g/mol. The number of rotatable bonds is 5. The van der Waals surface area contributed by atoms with Crippen LogP contribution in [-0.4, -0.2) is 13.7 Å². The predicted molar refractivity (Wildman–Crippen MR) is 95.1 cm³/mol. The van der Waals surface area contributed by atoms with Gasteiger partial charge in [-0.1, -0.05) is 50.1 Å². The second-order valence-electron chi connectivity index (χ2n) is 4.82. The third kappa shape index (κ3) is 3.68. The Kier molecular flexibility index (Phi) is 5.85. The average Bonchev–Trinajstić information content (AvgIpc) is 2.47. The molecule has 2 aromatic carbocycles. The summed E-state index contributed by atoms with van der Waals surface area (Å²) in [6.07, 6.45) is 0. The van der Waals surface area contributed by atoms with E-state index in [2.05, 4.69) is 62.3 Å². The van der Waals surface area contributed by atoms with E-state index < -0.39 is 0 Å². The summed E-state index contributed by atoms with van der Waals surface area (Å²) in [5, 5.41) is 3.39. The van der Waals surface area contributed by atoms with Gasteiger partial charge < -0.3 is 10.1 Å². The fourth-order valence-electron chi connectivity index (χ4n) is 2.37. The molecule has 112 valence electrons.